The highest BCUT2D eigenvalue weighted by molar-refractivity contribution is 6.11. The monoisotopic (exact) mass is 604 g/mol. The van der Waals surface area contributed by atoms with Crippen molar-refractivity contribution in [2.45, 2.75) is 32.1 Å². The molecule has 226 valence electrons. The molecule has 0 spiro atoms. The average molecular weight is 605 g/mol. The number of allylic oxidation sites excluding steroid dienone is 4. The molecule has 1 heterocycles. The molecule has 2 heteroatoms. The molecule has 0 radical (unpaired) electrons. The fourth-order valence-electron chi connectivity index (χ4n) is 7.90. The van der Waals surface area contributed by atoms with Crippen molar-refractivity contribution in [3.63, 3.8) is 0 Å². The molecule has 0 amide bonds. The minimum absolute atomic E-state index is 0.0554. The molecule has 0 unspecified atom stereocenters. The normalized spacial score (nSPS) is 14.6. The number of hydrogen-bond donors (Lipinski definition) is 0. The van der Waals surface area contributed by atoms with Crippen LogP contribution in [0.25, 0.3) is 49.8 Å². The van der Waals surface area contributed by atoms with Crippen LogP contribution in [-0.2, 0) is 5.41 Å². The third-order valence-corrected chi connectivity index (χ3v) is 10.3. The van der Waals surface area contributed by atoms with E-state index in [-0.39, 0.29) is 5.41 Å². The van der Waals surface area contributed by atoms with E-state index in [0.717, 1.165) is 24.2 Å². The van der Waals surface area contributed by atoms with Gasteiger partial charge in [-0.1, -0.05) is 111 Å². The van der Waals surface area contributed by atoms with E-state index in [1.165, 1.54) is 66.6 Å². The Morgan fingerprint density at radius 2 is 1.23 bits per heavy atom. The number of nitrogens with zero attached hydrogens (tertiary/aromatic N) is 2. The van der Waals surface area contributed by atoms with Crippen molar-refractivity contribution >= 4 is 44.6 Å². The van der Waals surface area contributed by atoms with Crippen LogP contribution in [0.1, 0.15) is 37.8 Å². The van der Waals surface area contributed by atoms with Crippen molar-refractivity contribution < 1.29 is 0 Å². The molecule has 1 aromatic heterocycles. The largest absolute Gasteiger partial charge is 0.313 e. The van der Waals surface area contributed by atoms with Crippen LogP contribution in [0.2, 0.25) is 0 Å². The van der Waals surface area contributed by atoms with E-state index in [9.17, 15) is 0 Å². The summed E-state index contributed by atoms with van der Waals surface area (Å²) in [7, 11) is 0. The van der Waals surface area contributed by atoms with E-state index in [0.29, 0.717) is 0 Å². The van der Waals surface area contributed by atoms with E-state index >= 15 is 0 Å². The highest BCUT2D eigenvalue weighted by Crippen LogP contribution is 2.50. The summed E-state index contributed by atoms with van der Waals surface area (Å²) in [5, 5.41) is 2.60. The van der Waals surface area contributed by atoms with E-state index in [2.05, 4.69) is 181 Å². The number of benzene rings is 6. The molecular weight excluding hydrogens is 569 g/mol. The van der Waals surface area contributed by atoms with E-state index in [1.807, 2.05) is 0 Å². The van der Waals surface area contributed by atoms with E-state index in [4.69, 9.17) is 0 Å². The number of aromatic nitrogens is 1. The molecule has 0 fully saturated rings. The van der Waals surface area contributed by atoms with Gasteiger partial charge in [0.2, 0.25) is 0 Å². The second-order valence-corrected chi connectivity index (χ2v) is 13.3. The maximum atomic E-state index is 2.45. The maximum absolute atomic E-state index is 2.45. The first-order chi connectivity index (χ1) is 23.1. The first-order valence-corrected chi connectivity index (χ1v) is 16.7. The topological polar surface area (TPSA) is 8.17 Å². The lowest BCUT2D eigenvalue weighted by molar-refractivity contribution is 0.660. The lowest BCUT2D eigenvalue weighted by Gasteiger charge is -2.28. The Morgan fingerprint density at radius 3 is 2.06 bits per heavy atom. The molecule has 0 saturated heterocycles. The summed E-state index contributed by atoms with van der Waals surface area (Å²) < 4.78 is 2.45. The fraction of sp³-hybridized carbons (Fsp3) is 0.111. The van der Waals surface area contributed by atoms with Crippen LogP contribution in [0.3, 0.4) is 0 Å². The Balaban J connectivity index is 1.12. The molecular formula is C45H36N2. The van der Waals surface area contributed by atoms with Gasteiger partial charge in [-0.05, 0) is 107 Å². The molecule has 2 nitrogen and oxygen atoms in total. The molecule has 0 atom stereocenters. The smallest absolute Gasteiger partial charge is 0.0538 e. The predicted octanol–water partition coefficient (Wildman–Crippen LogP) is 12.4. The zero-order chi connectivity index (χ0) is 31.5. The Hall–Kier alpha value is -5.60. The number of hydrogen-bond acceptors (Lipinski definition) is 1. The first kappa shape index (κ1) is 27.7. The minimum atomic E-state index is -0.0554. The molecule has 7 aromatic rings. The van der Waals surface area contributed by atoms with E-state index in [1.54, 1.807) is 0 Å². The molecule has 0 bridgehead atoms. The van der Waals surface area contributed by atoms with Crippen molar-refractivity contribution in [2.24, 2.45) is 0 Å². The van der Waals surface area contributed by atoms with Gasteiger partial charge in [-0.15, -0.1) is 0 Å². The third-order valence-electron chi connectivity index (χ3n) is 10.3. The van der Waals surface area contributed by atoms with Gasteiger partial charge in [0.05, 0.1) is 11.0 Å². The van der Waals surface area contributed by atoms with Crippen LogP contribution in [0.4, 0.5) is 17.1 Å². The van der Waals surface area contributed by atoms with Crippen LogP contribution in [0.5, 0.6) is 0 Å². The lowest BCUT2D eigenvalue weighted by Crippen LogP contribution is -2.16. The quantitative estimate of drug-likeness (QED) is 0.190. The van der Waals surface area contributed by atoms with Crippen molar-refractivity contribution in [3.8, 4) is 22.3 Å². The maximum Gasteiger partial charge on any atom is 0.0538 e. The highest BCUT2D eigenvalue weighted by atomic mass is 15.1. The van der Waals surface area contributed by atoms with Crippen molar-refractivity contribution in [1.82, 2.24) is 4.57 Å². The molecule has 2 aliphatic carbocycles. The van der Waals surface area contributed by atoms with Gasteiger partial charge in [0.25, 0.3) is 0 Å². The average Bonchev–Trinajstić information content (AvgIpc) is 3.58. The number of fused-ring (bicyclic) bond motifs is 6. The summed E-state index contributed by atoms with van der Waals surface area (Å²) in [6, 6.07) is 51.4. The predicted molar refractivity (Wildman–Crippen MR) is 200 cm³/mol. The zero-order valence-electron chi connectivity index (χ0n) is 26.8. The van der Waals surface area contributed by atoms with Crippen LogP contribution >= 0.6 is 0 Å². The molecule has 0 N–H and O–H groups in total. The summed E-state index contributed by atoms with van der Waals surface area (Å²) in [6.45, 7) is 4.70. The summed E-state index contributed by atoms with van der Waals surface area (Å²) >= 11 is 0. The summed E-state index contributed by atoms with van der Waals surface area (Å²) in [4.78, 5) is 2.38. The SMILES string of the molecule is CC1(C)c2ccccc2-c2ccc(N(c3ccccc3)c3ccc(-c4ccc5c(c4)c4ccccc4n5C4=CC=CCC4)cc3)cc21. The number of para-hydroxylation sites is 2. The Bertz CT molecular complexity index is 2370. The van der Waals surface area contributed by atoms with Crippen LogP contribution in [-0.4, -0.2) is 4.57 Å². The molecule has 0 aliphatic heterocycles. The van der Waals surface area contributed by atoms with Gasteiger partial charge >= 0.3 is 0 Å². The minimum Gasteiger partial charge on any atom is -0.313 e. The second-order valence-electron chi connectivity index (χ2n) is 13.3. The first-order valence-electron chi connectivity index (χ1n) is 16.7. The second kappa shape index (κ2) is 10.7. The van der Waals surface area contributed by atoms with E-state index < -0.39 is 0 Å². The van der Waals surface area contributed by atoms with Crippen LogP contribution in [0, 0.1) is 0 Å². The molecule has 47 heavy (non-hydrogen) atoms. The van der Waals surface area contributed by atoms with Gasteiger partial charge < -0.3 is 9.47 Å². The van der Waals surface area contributed by atoms with Gasteiger partial charge in [-0.25, -0.2) is 0 Å². The van der Waals surface area contributed by atoms with Crippen LogP contribution < -0.4 is 4.90 Å². The highest BCUT2D eigenvalue weighted by Gasteiger charge is 2.35. The summed E-state index contributed by atoms with van der Waals surface area (Å²) in [5.41, 5.74) is 15.2. The van der Waals surface area contributed by atoms with Crippen molar-refractivity contribution in [2.75, 3.05) is 4.90 Å². The summed E-state index contributed by atoms with van der Waals surface area (Å²) in [5.74, 6) is 0. The van der Waals surface area contributed by atoms with Gasteiger partial charge in [-0.3, -0.25) is 0 Å². The fourth-order valence-corrected chi connectivity index (χ4v) is 7.90. The summed E-state index contributed by atoms with van der Waals surface area (Å²) in [6.07, 6.45) is 8.85. The Morgan fingerprint density at radius 1 is 0.553 bits per heavy atom. The Labute approximate surface area is 276 Å². The number of rotatable bonds is 5. The van der Waals surface area contributed by atoms with Crippen LogP contribution in [0.15, 0.2) is 158 Å². The Kier molecular flexibility index (Phi) is 6.33. The molecule has 9 rings (SSSR count). The molecule has 0 saturated carbocycles. The van der Waals surface area contributed by atoms with Gasteiger partial charge in [0, 0.05) is 38.9 Å². The molecule has 6 aromatic carbocycles. The van der Waals surface area contributed by atoms with Gasteiger partial charge in [-0.2, -0.15) is 0 Å². The molecule has 2 aliphatic rings. The van der Waals surface area contributed by atoms with Gasteiger partial charge in [0.1, 0.15) is 0 Å². The van der Waals surface area contributed by atoms with Crippen molar-refractivity contribution in [1.29, 1.82) is 0 Å². The van der Waals surface area contributed by atoms with Gasteiger partial charge in [0.15, 0.2) is 0 Å². The third kappa shape index (κ3) is 4.40. The zero-order valence-corrected chi connectivity index (χ0v) is 26.8. The lowest BCUT2D eigenvalue weighted by atomic mass is 9.82. The standard InChI is InChI=1S/C45H36N2/c1-45(2)41-19-11-9-17-37(41)38-27-26-36(30-42(38)45)46(33-13-5-3-6-14-33)35-24-21-31(22-25-35)32-23-28-44-40(29-32)39-18-10-12-20-43(39)47(44)34-15-7-4-8-16-34/h3-7,9-15,17-30H,8,16H2,1-2H3. The number of anilines is 3. The van der Waals surface area contributed by atoms with Crippen molar-refractivity contribution in [3.05, 3.63) is 169 Å².